The molecule has 3 rings (SSSR count). The van der Waals surface area contributed by atoms with Crippen molar-refractivity contribution in [1.29, 1.82) is 0 Å². The molecule has 0 saturated heterocycles. The molecule has 0 aliphatic carbocycles. The van der Waals surface area contributed by atoms with Gasteiger partial charge in [0, 0.05) is 16.8 Å². The molecule has 0 atom stereocenters. The molecule has 0 radical (unpaired) electrons. The molecule has 0 fully saturated rings. The lowest BCUT2D eigenvalue weighted by molar-refractivity contribution is 0.100. The van der Waals surface area contributed by atoms with Gasteiger partial charge in [0.15, 0.2) is 0 Å². The zero-order valence-electron chi connectivity index (χ0n) is 10.2. The first kappa shape index (κ1) is 11.3. The maximum absolute atomic E-state index is 11.4. The minimum absolute atomic E-state index is 0.450. The lowest BCUT2D eigenvalue weighted by Crippen LogP contribution is -2.11. The van der Waals surface area contributed by atoms with E-state index in [4.69, 9.17) is 11.5 Å². The Balaban J connectivity index is 2.29. The number of primary amides is 1. The maximum atomic E-state index is 11.4. The highest BCUT2D eigenvalue weighted by Crippen LogP contribution is 2.29. The molecule has 19 heavy (non-hydrogen) atoms. The Labute approximate surface area is 110 Å². The quantitative estimate of drug-likeness (QED) is 0.611. The fourth-order valence-corrected chi connectivity index (χ4v) is 2.22. The molecule has 5 N–H and O–H groups in total. The molecule has 4 nitrogen and oxygen atoms in total. The lowest BCUT2D eigenvalue weighted by atomic mass is 10.1. The number of amides is 1. The smallest absolute Gasteiger partial charge is 0.250 e. The van der Waals surface area contributed by atoms with E-state index in [1.165, 1.54) is 0 Å². The minimum atomic E-state index is -0.466. The molecule has 0 unspecified atom stereocenters. The Hall–Kier alpha value is -2.75. The molecule has 1 aromatic heterocycles. The molecule has 3 aromatic rings. The SMILES string of the molecule is NC(=O)c1ccc(N)c2cc(-c3ccccc3)[nH]c12. The molecule has 1 amide bonds. The van der Waals surface area contributed by atoms with Gasteiger partial charge in [-0.15, -0.1) is 0 Å². The fraction of sp³-hybridized carbons (Fsp3) is 0. The number of rotatable bonds is 2. The normalized spacial score (nSPS) is 10.7. The predicted octanol–water partition coefficient (Wildman–Crippen LogP) is 2.52. The number of anilines is 1. The van der Waals surface area contributed by atoms with Gasteiger partial charge in [0.1, 0.15) is 0 Å². The predicted molar refractivity (Wildman–Crippen MR) is 76.7 cm³/mol. The molecule has 94 valence electrons. The van der Waals surface area contributed by atoms with Gasteiger partial charge in [-0.25, -0.2) is 0 Å². The van der Waals surface area contributed by atoms with E-state index in [9.17, 15) is 4.79 Å². The monoisotopic (exact) mass is 251 g/mol. The summed E-state index contributed by atoms with van der Waals surface area (Å²) < 4.78 is 0. The topological polar surface area (TPSA) is 84.9 Å². The second kappa shape index (κ2) is 4.17. The van der Waals surface area contributed by atoms with Gasteiger partial charge >= 0.3 is 0 Å². The summed E-state index contributed by atoms with van der Waals surface area (Å²) in [5, 5.41) is 0.815. The van der Waals surface area contributed by atoms with Crippen molar-refractivity contribution in [3.8, 4) is 11.3 Å². The Bertz CT molecular complexity index is 760. The summed E-state index contributed by atoms with van der Waals surface area (Å²) in [7, 11) is 0. The number of fused-ring (bicyclic) bond motifs is 1. The van der Waals surface area contributed by atoms with Crippen LogP contribution in [0, 0.1) is 0 Å². The Kier molecular flexibility index (Phi) is 2.49. The molecule has 1 heterocycles. The van der Waals surface area contributed by atoms with Crippen LogP contribution in [0.2, 0.25) is 0 Å². The molecule has 0 bridgehead atoms. The summed E-state index contributed by atoms with van der Waals surface area (Å²) in [4.78, 5) is 14.7. The summed E-state index contributed by atoms with van der Waals surface area (Å²) in [6.45, 7) is 0. The van der Waals surface area contributed by atoms with Crippen LogP contribution in [0.3, 0.4) is 0 Å². The first-order valence-corrected chi connectivity index (χ1v) is 5.93. The minimum Gasteiger partial charge on any atom is -0.398 e. The molecule has 2 aromatic carbocycles. The van der Waals surface area contributed by atoms with E-state index in [0.29, 0.717) is 16.8 Å². The van der Waals surface area contributed by atoms with Crippen molar-refractivity contribution >= 4 is 22.5 Å². The van der Waals surface area contributed by atoms with Gasteiger partial charge in [-0.2, -0.15) is 0 Å². The van der Waals surface area contributed by atoms with E-state index in [2.05, 4.69) is 4.98 Å². The van der Waals surface area contributed by atoms with E-state index in [-0.39, 0.29) is 0 Å². The number of nitrogens with one attached hydrogen (secondary N) is 1. The van der Waals surface area contributed by atoms with Gasteiger partial charge in [0.05, 0.1) is 11.1 Å². The number of carbonyl (C=O) groups excluding carboxylic acids is 1. The van der Waals surface area contributed by atoms with Crippen molar-refractivity contribution in [2.75, 3.05) is 5.73 Å². The van der Waals surface area contributed by atoms with Crippen LogP contribution in [0.15, 0.2) is 48.5 Å². The van der Waals surface area contributed by atoms with Crippen molar-refractivity contribution in [3.05, 3.63) is 54.1 Å². The van der Waals surface area contributed by atoms with Gasteiger partial charge in [-0.1, -0.05) is 30.3 Å². The Morgan fingerprint density at radius 3 is 2.47 bits per heavy atom. The second-order valence-electron chi connectivity index (χ2n) is 4.40. The first-order chi connectivity index (χ1) is 9.16. The van der Waals surface area contributed by atoms with Crippen LogP contribution in [0.1, 0.15) is 10.4 Å². The highest BCUT2D eigenvalue weighted by molar-refractivity contribution is 6.09. The molecule has 0 aliphatic heterocycles. The molecule has 4 heteroatoms. The number of carbonyl (C=O) groups is 1. The third kappa shape index (κ3) is 1.83. The molecule has 0 saturated carbocycles. The summed E-state index contributed by atoms with van der Waals surface area (Å²) in [6.07, 6.45) is 0. The zero-order chi connectivity index (χ0) is 13.4. The van der Waals surface area contributed by atoms with Crippen LogP contribution >= 0.6 is 0 Å². The van der Waals surface area contributed by atoms with Crippen molar-refractivity contribution in [2.45, 2.75) is 0 Å². The molecule has 0 spiro atoms. The highest BCUT2D eigenvalue weighted by Gasteiger charge is 2.12. The van der Waals surface area contributed by atoms with Crippen LogP contribution in [0.5, 0.6) is 0 Å². The van der Waals surface area contributed by atoms with Crippen LogP contribution in [0.25, 0.3) is 22.2 Å². The number of benzene rings is 2. The van der Waals surface area contributed by atoms with Gasteiger partial charge in [0.2, 0.25) is 0 Å². The third-order valence-electron chi connectivity index (χ3n) is 3.18. The lowest BCUT2D eigenvalue weighted by Gasteiger charge is -2.00. The first-order valence-electron chi connectivity index (χ1n) is 5.93. The standard InChI is InChI=1S/C15H13N3O/c16-12-7-6-10(15(17)19)14-11(12)8-13(18-14)9-4-2-1-3-5-9/h1-8,18H,16H2,(H2,17,19). The van der Waals surface area contributed by atoms with Crippen molar-refractivity contribution in [2.24, 2.45) is 5.73 Å². The van der Waals surface area contributed by atoms with Gasteiger partial charge < -0.3 is 16.5 Å². The average molecular weight is 251 g/mol. The van der Waals surface area contributed by atoms with Crippen molar-refractivity contribution in [1.82, 2.24) is 4.98 Å². The average Bonchev–Trinajstić information content (AvgIpc) is 2.85. The number of aromatic nitrogens is 1. The zero-order valence-corrected chi connectivity index (χ0v) is 10.2. The highest BCUT2D eigenvalue weighted by atomic mass is 16.1. The van der Waals surface area contributed by atoms with Crippen LogP contribution in [-0.4, -0.2) is 10.9 Å². The summed E-state index contributed by atoms with van der Waals surface area (Å²) in [5.74, 6) is -0.466. The number of nitrogens with two attached hydrogens (primary N) is 2. The summed E-state index contributed by atoms with van der Waals surface area (Å²) in [5.41, 5.74) is 15.0. The number of hydrogen-bond acceptors (Lipinski definition) is 2. The van der Waals surface area contributed by atoms with E-state index in [0.717, 1.165) is 16.6 Å². The molecular weight excluding hydrogens is 238 g/mol. The largest absolute Gasteiger partial charge is 0.398 e. The number of hydrogen-bond donors (Lipinski definition) is 3. The van der Waals surface area contributed by atoms with Crippen molar-refractivity contribution in [3.63, 3.8) is 0 Å². The number of H-pyrrole nitrogens is 1. The number of nitrogen functional groups attached to an aromatic ring is 1. The maximum Gasteiger partial charge on any atom is 0.250 e. The fourth-order valence-electron chi connectivity index (χ4n) is 2.22. The third-order valence-corrected chi connectivity index (χ3v) is 3.18. The van der Waals surface area contributed by atoms with Crippen molar-refractivity contribution < 1.29 is 4.79 Å². The van der Waals surface area contributed by atoms with E-state index >= 15 is 0 Å². The van der Waals surface area contributed by atoms with Gasteiger partial charge in [0.25, 0.3) is 5.91 Å². The van der Waals surface area contributed by atoms with Crippen LogP contribution < -0.4 is 11.5 Å². The Morgan fingerprint density at radius 1 is 1.05 bits per heavy atom. The van der Waals surface area contributed by atoms with E-state index in [1.54, 1.807) is 12.1 Å². The van der Waals surface area contributed by atoms with Crippen LogP contribution in [0.4, 0.5) is 5.69 Å². The second-order valence-corrected chi connectivity index (χ2v) is 4.40. The van der Waals surface area contributed by atoms with E-state index in [1.807, 2.05) is 36.4 Å². The molecular formula is C15H13N3O. The summed E-state index contributed by atoms with van der Waals surface area (Å²) >= 11 is 0. The van der Waals surface area contributed by atoms with E-state index < -0.39 is 5.91 Å². The van der Waals surface area contributed by atoms with Gasteiger partial charge in [-0.05, 0) is 23.8 Å². The Morgan fingerprint density at radius 2 is 1.79 bits per heavy atom. The molecule has 0 aliphatic rings. The number of aromatic amines is 1. The van der Waals surface area contributed by atoms with Gasteiger partial charge in [-0.3, -0.25) is 4.79 Å². The summed E-state index contributed by atoms with van der Waals surface area (Å²) in [6, 6.07) is 15.1. The van der Waals surface area contributed by atoms with Crippen LogP contribution in [-0.2, 0) is 0 Å².